The zero-order valence-corrected chi connectivity index (χ0v) is 13.7. The Labute approximate surface area is 136 Å². The van der Waals surface area contributed by atoms with E-state index >= 15 is 0 Å². The summed E-state index contributed by atoms with van der Waals surface area (Å²) in [5.74, 6) is 1.53. The maximum atomic E-state index is 5.38. The van der Waals surface area contributed by atoms with Crippen molar-refractivity contribution in [3.8, 4) is 11.5 Å². The molecule has 2 aromatic rings. The van der Waals surface area contributed by atoms with Gasteiger partial charge in [-0.2, -0.15) is 0 Å². The molecule has 0 aliphatic carbocycles. The van der Waals surface area contributed by atoms with Crippen LogP contribution in [-0.4, -0.2) is 25.8 Å². The molecule has 0 spiro atoms. The summed E-state index contributed by atoms with van der Waals surface area (Å²) in [6.45, 7) is 3.63. The van der Waals surface area contributed by atoms with Gasteiger partial charge in [-0.05, 0) is 48.7 Å². The average Bonchev–Trinajstić information content (AvgIpc) is 2.59. The third-order valence-corrected chi connectivity index (χ3v) is 4.02. The quantitative estimate of drug-likeness (QED) is 0.800. The second-order valence-corrected chi connectivity index (χ2v) is 5.64. The van der Waals surface area contributed by atoms with E-state index in [2.05, 4.69) is 23.3 Å². The van der Waals surface area contributed by atoms with Crippen molar-refractivity contribution < 1.29 is 9.47 Å². The number of hydrogen-bond donors (Lipinski definition) is 0. The summed E-state index contributed by atoms with van der Waals surface area (Å²) in [5.41, 5.74) is 4.58. The summed E-state index contributed by atoms with van der Waals surface area (Å²) in [6.07, 6.45) is 0.919. The first-order valence-corrected chi connectivity index (χ1v) is 7.66. The molecular weight excluding hydrogens is 290 g/mol. The molecule has 120 valence electrons. The van der Waals surface area contributed by atoms with Gasteiger partial charge in [-0.25, -0.2) is 0 Å². The number of ether oxygens (including phenoxy) is 2. The van der Waals surface area contributed by atoms with Crippen LogP contribution >= 0.6 is 0 Å². The van der Waals surface area contributed by atoms with E-state index < -0.39 is 0 Å². The highest BCUT2D eigenvalue weighted by Crippen LogP contribution is 2.33. The molecule has 5 heteroatoms. The van der Waals surface area contributed by atoms with Crippen molar-refractivity contribution in [2.24, 2.45) is 10.3 Å². The van der Waals surface area contributed by atoms with Crippen LogP contribution in [-0.2, 0) is 13.0 Å². The Balaban J connectivity index is 1.75. The molecule has 0 saturated heterocycles. The van der Waals surface area contributed by atoms with Crippen molar-refractivity contribution in [3.63, 3.8) is 0 Å². The summed E-state index contributed by atoms with van der Waals surface area (Å²) in [4.78, 5) is 0. The third-order valence-electron chi connectivity index (χ3n) is 4.02. The number of nitrogens with zero attached hydrogens (tertiary/aromatic N) is 3. The maximum Gasteiger partial charge on any atom is 0.161 e. The van der Waals surface area contributed by atoms with E-state index in [4.69, 9.17) is 9.47 Å². The van der Waals surface area contributed by atoms with E-state index in [0.717, 1.165) is 36.7 Å². The molecule has 5 nitrogen and oxygen atoms in total. The fraction of sp³-hybridized carbons (Fsp3) is 0.333. The van der Waals surface area contributed by atoms with E-state index in [9.17, 15) is 0 Å². The van der Waals surface area contributed by atoms with Crippen LogP contribution in [0.15, 0.2) is 46.7 Å². The highest BCUT2D eigenvalue weighted by molar-refractivity contribution is 5.48. The largest absolute Gasteiger partial charge is 0.493 e. The van der Waals surface area contributed by atoms with Gasteiger partial charge in [0.05, 0.1) is 26.5 Å². The van der Waals surface area contributed by atoms with Gasteiger partial charge in [-0.15, -0.1) is 5.11 Å². The first-order valence-electron chi connectivity index (χ1n) is 7.66. The van der Waals surface area contributed by atoms with Gasteiger partial charge in [0.25, 0.3) is 0 Å². The van der Waals surface area contributed by atoms with Crippen molar-refractivity contribution in [3.05, 3.63) is 53.1 Å². The van der Waals surface area contributed by atoms with Crippen LogP contribution in [0, 0.1) is 6.92 Å². The Bertz CT molecular complexity index is 711. The molecule has 1 aliphatic rings. The van der Waals surface area contributed by atoms with Crippen molar-refractivity contribution in [1.29, 1.82) is 0 Å². The first-order chi connectivity index (χ1) is 11.2. The zero-order chi connectivity index (χ0) is 16.2. The number of fused-ring (bicyclic) bond motifs is 1. The van der Waals surface area contributed by atoms with Gasteiger partial charge in [-0.3, -0.25) is 5.01 Å². The summed E-state index contributed by atoms with van der Waals surface area (Å²) >= 11 is 0. The molecule has 0 radical (unpaired) electrons. The molecule has 0 bridgehead atoms. The Kier molecular flexibility index (Phi) is 4.46. The fourth-order valence-corrected chi connectivity index (χ4v) is 2.67. The molecule has 0 saturated carbocycles. The lowest BCUT2D eigenvalue weighted by molar-refractivity contribution is 0.248. The molecule has 0 aromatic heterocycles. The number of methoxy groups -OCH3 is 2. The molecule has 0 atom stereocenters. The lowest BCUT2D eigenvalue weighted by Gasteiger charge is -2.26. The predicted octanol–water partition coefficient (Wildman–Crippen LogP) is 4.07. The third kappa shape index (κ3) is 3.44. The van der Waals surface area contributed by atoms with Crippen LogP contribution in [0.5, 0.6) is 11.5 Å². The van der Waals surface area contributed by atoms with Crippen LogP contribution in [0.4, 0.5) is 5.69 Å². The van der Waals surface area contributed by atoms with Crippen molar-refractivity contribution in [2.45, 2.75) is 19.9 Å². The maximum absolute atomic E-state index is 5.38. The van der Waals surface area contributed by atoms with E-state index in [1.54, 1.807) is 14.2 Å². The summed E-state index contributed by atoms with van der Waals surface area (Å²) in [5, 5.41) is 10.7. The van der Waals surface area contributed by atoms with Gasteiger partial charge in [0.2, 0.25) is 0 Å². The Morgan fingerprint density at radius 1 is 0.957 bits per heavy atom. The normalized spacial score (nSPS) is 14.0. The minimum Gasteiger partial charge on any atom is -0.493 e. The van der Waals surface area contributed by atoms with Crippen LogP contribution in [0.1, 0.15) is 16.7 Å². The number of benzene rings is 2. The number of rotatable bonds is 4. The number of aryl methyl sites for hydroxylation is 1. The topological polar surface area (TPSA) is 46.4 Å². The van der Waals surface area contributed by atoms with Crippen LogP contribution in [0.2, 0.25) is 0 Å². The molecule has 0 unspecified atom stereocenters. The average molecular weight is 311 g/mol. The second-order valence-electron chi connectivity index (χ2n) is 5.64. The molecule has 0 N–H and O–H groups in total. The van der Waals surface area contributed by atoms with Gasteiger partial charge >= 0.3 is 0 Å². The summed E-state index contributed by atoms with van der Waals surface area (Å²) in [6, 6.07) is 12.1. The van der Waals surface area contributed by atoms with E-state index in [0.29, 0.717) is 0 Å². The van der Waals surface area contributed by atoms with E-state index in [1.807, 2.05) is 35.3 Å². The van der Waals surface area contributed by atoms with Crippen molar-refractivity contribution in [1.82, 2.24) is 5.01 Å². The minimum atomic E-state index is 0.727. The second kappa shape index (κ2) is 6.69. The molecular formula is C18H21N3O2. The molecule has 0 fully saturated rings. The molecule has 3 rings (SSSR count). The molecule has 23 heavy (non-hydrogen) atoms. The molecule has 0 amide bonds. The zero-order valence-electron chi connectivity index (χ0n) is 13.7. The standard InChI is InChI=1S/C18H21N3O2/c1-13-4-6-16(7-5-13)19-20-21-9-8-14-10-17(22-2)18(23-3)11-15(14)12-21/h4-7,10-11H,8-9,12H2,1-3H3/b20-19+. The fourth-order valence-electron chi connectivity index (χ4n) is 2.67. The monoisotopic (exact) mass is 311 g/mol. The van der Waals surface area contributed by atoms with Gasteiger partial charge in [0, 0.05) is 6.54 Å². The molecule has 1 aliphatic heterocycles. The van der Waals surface area contributed by atoms with Crippen LogP contribution in [0.3, 0.4) is 0 Å². The van der Waals surface area contributed by atoms with E-state index in [-0.39, 0.29) is 0 Å². The molecule has 2 aromatic carbocycles. The summed E-state index contributed by atoms with van der Waals surface area (Å²) < 4.78 is 10.7. The molecule has 1 heterocycles. The Hall–Kier alpha value is -2.56. The Morgan fingerprint density at radius 2 is 1.61 bits per heavy atom. The van der Waals surface area contributed by atoms with Crippen molar-refractivity contribution in [2.75, 3.05) is 20.8 Å². The van der Waals surface area contributed by atoms with Gasteiger partial charge in [0.15, 0.2) is 11.5 Å². The lowest BCUT2D eigenvalue weighted by Crippen LogP contribution is -2.25. The van der Waals surface area contributed by atoms with Gasteiger partial charge in [-0.1, -0.05) is 22.9 Å². The highest BCUT2D eigenvalue weighted by Gasteiger charge is 2.18. The predicted molar refractivity (Wildman–Crippen MR) is 89.4 cm³/mol. The Morgan fingerprint density at radius 3 is 2.26 bits per heavy atom. The van der Waals surface area contributed by atoms with Crippen LogP contribution < -0.4 is 9.47 Å². The van der Waals surface area contributed by atoms with Crippen molar-refractivity contribution >= 4 is 5.69 Å². The van der Waals surface area contributed by atoms with Crippen LogP contribution in [0.25, 0.3) is 0 Å². The highest BCUT2D eigenvalue weighted by atomic mass is 16.5. The smallest absolute Gasteiger partial charge is 0.161 e. The van der Waals surface area contributed by atoms with Gasteiger partial charge < -0.3 is 9.47 Å². The first kappa shape index (κ1) is 15.3. The minimum absolute atomic E-state index is 0.727. The van der Waals surface area contributed by atoms with E-state index in [1.165, 1.54) is 16.7 Å². The lowest BCUT2D eigenvalue weighted by atomic mass is 10.00. The van der Waals surface area contributed by atoms with Gasteiger partial charge in [0.1, 0.15) is 0 Å². The summed E-state index contributed by atoms with van der Waals surface area (Å²) in [7, 11) is 3.32. The SMILES string of the molecule is COc1cc2c(cc1OC)CN(/N=N/c1ccc(C)cc1)CC2. The number of hydrogen-bond acceptors (Lipinski definition) is 4.